The van der Waals surface area contributed by atoms with Crippen LogP contribution in [0.3, 0.4) is 0 Å². The first-order valence-electron chi connectivity index (χ1n) is 6.80. The van der Waals surface area contributed by atoms with Crippen molar-refractivity contribution in [1.29, 1.82) is 0 Å². The van der Waals surface area contributed by atoms with E-state index in [-0.39, 0.29) is 23.8 Å². The summed E-state index contributed by atoms with van der Waals surface area (Å²) in [5.74, 6) is 0.345. The van der Waals surface area contributed by atoms with Gasteiger partial charge in [0, 0.05) is 24.2 Å². The molecule has 3 fully saturated rings. The Hall–Kier alpha value is -1.12. The molecule has 18 heavy (non-hydrogen) atoms. The quantitative estimate of drug-likeness (QED) is 0.529. The Bertz CT molecular complexity index is 453. The monoisotopic (exact) mass is 248 g/mol. The van der Waals surface area contributed by atoms with E-state index in [9.17, 15) is 9.59 Å². The zero-order valence-corrected chi connectivity index (χ0v) is 11.1. The fourth-order valence-electron chi connectivity index (χ4n) is 4.32. The van der Waals surface area contributed by atoms with Crippen LogP contribution in [0.4, 0.5) is 0 Å². The van der Waals surface area contributed by atoms with Crippen LogP contribution in [0.15, 0.2) is 12.2 Å². The van der Waals surface area contributed by atoms with Crippen molar-refractivity contribution in [2.24, 2.45) is 16.7 Å². The Labute approximate surface area is 108 Å². The molecule has 0 radical (unpaired) electrons. The summed E-state index contributed by atoms with van der Waals surface area (Å²) in [5, 5.41) is 0. The topological polar surface area (TPSA) is 43.4 Å². The summed E-state index contributed by atoms with van der Waals surface area (Å²) in [6.07, 6.45) is 3.59. The number of carbonyl (C=O) groups excluding carboxylic acids is 2. The van der Waals surface area contributed by atoms with Crippen LogP contribution in [-0.2, 0) is 14.3 Å². The smallest absolute Gasteiger partial charge is 0.313 e. The van der Waals surface area contributed by atoms with Gasteiger partial charge in [-0.2, -0.15) is 0 Å². The van der Waals surface area contributed by atoms with Gasteiger partial charge in [0.15, 0.2) is 0 Å². The highest BCUT2D eigenvalue weighted by Gasteiger charge is 2.68. The molecule has 0 N–H and O–H groups in total. The van der Waals surface area contributed by atoms with E-state index >= 15 is 0 Å². The summed E-state index contributed by atoms with van der Waals surface area (Å²) in [6, 6.07) is 0. The molecule has 0 aromatic carbocycles. The fraction of sp³-hybridized carbons (Fsp3) is 0.733. The first kappa shape index (κ1) is 11.9. The summed E-state index contributed by atoms with van der Waals surface area (Å²) in [4.78, 5) is 24.6. The van der Waals surface area contributed by atoms with E-state index in [4.69, 9.17) is 4.74 Å². The highest BCUT2D eigenvalue weighted by Crippen LogP contribution is 2.62. The van der Waals surface area contributed by atoms with Gasteiger partial charge in [0.1, 0.15) is 11.9 Å². The molecule has 0 aromatic rings. The lowest BCUT2D eigenvalue weighted by molar-refractivity contribution is -0.158. The molecule has 2 saturated carbocycles. The van der Waals surface area contributed by atoms with Gasteiger partial charge in [-0.15, -0.1) is 0 Å². The fourth-order valence-corrected chi connectivity index (χ4v) is 4.32. The van der Waals surface area contributed by atoms with Crippen molar-refractivity contribution in [3.63, 3.8) is 0 Å². The van der Waals surface area contributed by atoms with Crippen molar-refractivity contribution >= 4 is 11.8 Å². The highest BCUT2D eigenvalue weighted by atomic mass is 16.6. The van der Waals surface area contributed by atoms with Gasteiger partial charge >= 0.3 is 5.97 Å². The van der Waals surface area contributed by atoms with E-state index in [0.29, 0.717) is 19.3 Å². The number of ether oxygens (including phenoxy) is 1. The van der Waals surface area contributed by atoms with Gasteiger partial charge in [-0.1, -0.05) is 19.1 Å². The highest BCUT2D eigenvalue weighted by molar-refractivity contribution is 5.97. The molecule has 3 heteroatoms. The number of hydrogen-bond acceptors (Lipinski definition) is 3. The molecule has 3 rings (SSSR count). The van der Waals surface area contributed by atoms with E-state index in [1.54, 1.807) is 0 Å². The summed E-state index contributed by atoms with van der Waals surface area (Å²) in [5.41, 5.74) is 0.0444. The molecule has 1 heterocycles. The van der Waals surface area contributed by atoms with Gasteiger partial charge in [0.25, 0.3) is 0 Å². The molecule has 2 aliphatic carbocycles. The lowest BCUT2D eigenvalue weighted by Gasteiger charge is -2.35. The number of esters is 1. The van der Waals surface area contributed by atoms with E-state index in [2.05, 4.69) is 6.58 Å². The van der Waals surface area contributed by atoms with Crippen LogP contribution in [0.2, 0.25) is 0 Å². The van der Waals surface area contributed by atoms with Crippen molar-refractivity contribution < 1.29 is 14.3 Å². The average Bonchev–Trinajstić information content (AvgIpc) is 2.69. The largest absolute Gasteiger partial charge is 0.461 e. The molecule has 0 amide bonds. The van der Waals surface area contributed by atoms with Crippen molar-refractivity contribution in [3.05, 3.63) is 12.2 Å². The molecule has 0 unspecified atom stereocenters. The van der Waals surface area contributed by atoms with Crippen molar-refractivity contribution in [2.45, 2.75) is 52.1 Å². The number of ketones is 1. The number of Topliss-reactive ketones (excluding diaryl/α,β-unsaturated/α-hetero) is 1. The average molecular weight is 248 g/mol. The Morgan fingerprint density at radius 3 is 2.78 bits per heavy atom. The van der Waals surface area contributed by atoms with Gasteiger partial charge in [-0.25, -0.2) is 0 Å². The maximum Gasteiger partial charge on any atom is 0.313 e. The van der Waals surface area contributed by atoms with Gasteiger partial charge in [0.05, 0.1) is 5.41 Å². The second-order valence-corrected chi connectivity index (χ2v) is 6.48. The maximum atomic E-state index is 12.3. The van der Waals surface area contributed by atoms with Crippen molar-refractivity contribution in [3.8, 4) is 0 Å². The molecule has 3 nitrogen and oxygen atoms in total. The van der Waals surface area contributed by atoms with Crippen LogP contribution >= 0.6 is 0 Å². The Kier molecular flexibility index (Phi) is 2.30. The van der Waals surface area contributed by atoms with E-state index < -0.39 is 10.8 Å². The molecular weight excluding hydrogens is 228 g/mol. The predicted octanol–water partition coefficient (Wildman–Crippen LogP) is 2.64. The third-order valence-electron chi connectivity index (χ3n) is 5.69. The van der Waals surface area contributed by atoms with Gasteiger partial charge in [-0.05, 0) is 26.2 Å². The maximum absolute atomic E-state index is 12.3. The zero-order chi connectivity index (χ0) is 13.1. The van der Waals surface area contributed by atoms with Crippen molar-refractivity contribution in [1.82, 2.24) is 0 Å². The Morgan fingerprint density at radius 1 is 1.39 bits per heavy atom. The summed E-state index contributed by atoms with van der Waals surface area (Å²) in [7, 11) is 0. The third kappa shape index (κ3) is 1.20. The van der Waals surface area contributed by atoms with E-state index in [1.165, 1.54) is 0 Å². The van der Waals surface area contributed by atoms with Crippen LogP contribution in [-0.4, -0.2) is 17.9 Å². The lowest BCUT2D eigenvalue weighted by atomic mass is 9.64. The molecule has 4 atom stereocenters. The van der Waals surface area contributed by atoms with Crippen LogP contribution in [0.5, 0.6) is 0 Å². The summed E-state index contributed by atoms with van der Waals surface area (Å²) >= 11 is 0. The lowest BCUT2D eigenvalue weighted by Crippen LogP contribution is -2.42. The molecule has 1 spiro atoms. The first-order valence-corrected chi connectivity index (χ1v) is 6.80. The second-order valence-electron chi connectivity index (χ2n) is 6.48. The van der Waals surface area contributed by atoms with Crippen LogP contribution < -0.4 is 0 Å². The van der Waals surface area contributed by atoms with Crippen LogP contribution in [0.1, 0.15) is 46.0 Å². The van der Waals surface area contributed by atoms with E-state index in [0.717, 1.165) is 18.4 Å². The number of fused-ring (bicyclic) bond motifs is 1. The van der Waals surface area contributed by atoms with Gasteiger partial charge in [-0.3, -0.25) is 9.59 Å². The second kappa shape index (κ2) is 3.46. The number of carbonyl (C=O) groups is 2. The Balaban J connectivity index is 2.07. The molecule has 98 valence electrons. The van der Waals surface area contributed by atoms with Gasteiger partial charge in [0.2, 0.25) is 0 Å². The molecule has 1 saturated heterocycles. The molecule has 2 bridgehead atoms. The predicted molar refractivity (Wildman–Crippen MR) is 66.8 cm³/mol. The SMILES string of the molecule is C=C(C)[C@H]1CC[C@]2(C)C(=O)CC[C@]23C[C@H]1OC3=O. The first-order chi connectivity index (χ1) is 8.41. The normalized spacial score (nSPS) is 46.6. The minimum atomic E-state index is -0.529. The molecule has 0 aromatic heterocycles. The summed E-state index contributed by atoms with van der Waals surface area (Å²) < 4.78 is 5.61. The van der Waals surface area contributed by atoms with Crippen LogP contribution in [0.25, 0.3) is 0 Å². The third-order valence-corrected chi connectivity index (χ3v) is 5.69. The van der Waals surface area contributed by atoms with Crippen LogP contribution in [0, 0.1) is 16.7 Å². The van der Waals surface area contributed by atoms with Crippen molar-refractivity contribution in [2.75, 3.05) is 0 Å². The molecular formula is C15H20O3. The Morgan fingerprint density at radius 2 is 2.11 bits per heavy atom. The minimum Gasteiger partial charge on any atom is -0.461 e. The summed E-state index contributed by atoms with van der Waals surface area (Å²) in [6.45, 7) is 7.99. The van der Waals surface area contributed by atoms with E-state index in [1.807, 2.05) is 13.8 Å². The molecule has 1 aliphatic heterocycles. The number of hydrogen-bond donors (Lipinski definition) is 0. The number of rotatable bonds is 1. The standard InChI is InChI=1S/C15H20O3/c1-9(2)10-4-6-14(3)12(16)5-7-15(14)8-11(10)18-13(15)17/h10-11H,1,4-8H2,2-3H3/t10-,11-,14-,15-/m1/s1. The minimum absolute atomic E-state index is 0.0530. The zero-order valence-electron chi connectivity index (χ0n) is 11.1. The molecule has 3 aliphatic rings. The van der Waals surface area contributed by atoms with Gasteiger partial charge < -0.3 is 4.74 Å².